The third-order valence-electron chi connectivity index (χ3n) is 5.35. The maximum Gasteiger partial charge on any atom is 0.416 e. The Bertz CT molecular complexity index is 689. The number of hydrogen-bond donors (Lipinski definition) is 1. The highest BCUT2D eigenvalue weighted by Gasteiger charge is 2.46. The van der Waals surface area contributed by atoms with E-state index in [9.17, 15) is 22.8 Å². The van der Waals surface area contributed by atoms with Gasteiger partial charge in [-0.15, -0.1) is 0 Å². The molecule has 3 unspecified atom stereocenters. The van der Waals surface area contributed by atoms with Gasteiger partial charge in [0.25, 0.3) is 0 Å². The first-order valence-corrected chi connectivity index (χ1v) is 8.93. The van der Waals surface area contributed by atoms with Gasteiger partial charge >= 0.3 is 12.1 Å². The van der Waals surface area contributed by atoms with Gasteiger partial charge in [0.1, 0.15) is 0 Å². The molecule has 26 heavy (non-hydrogen) atoms. The molecule has 3 atom stereocenters. The lowest BCUT2D eigenvalue weighted by atomic mass is 9.93. The van der Waals surface area contributed by atoms with Gasteiger partial charge in [0.05, 0.1) is 5.56 Å². The molecular formula is C19H22F3NO3. The fourth-order valence-electron chi connectivity index (χ4n) is 3.84. The molecule has 4 nitrogen and oxygen atoms in total. The second-order valence-electron chi connectivity index (χ2n) is 7.30. The summed E-state index contributed by atoms with van der Waals surface area (Å²) >= 11 is 0. The standard InChI is InChI=1S/C19H22F3NO3/c20-19(21,22)14-5-1-4-13(9-14)15-10-16(15)18(26)23-8-2-3-12(11-23)6-7-17(24)25/h1,4-5,9,12,15-16H,2-3,6-8,10-11H2,(H,24,25). The minimum Gasteiger partial charge on any atom is -0.481 e. The van der Waals surface area contributed by atoms with Gasteiger partial charge in [0.15, 0.2) is 0 Å². The molecule has 2 fully saturated rings. The smallest absolute Gasteiger partial charge is 0.416 e. The first kappa shape index (κ1) is 18.7. The van der Waals surface area contributed by atoms with Crippen molar-refractivity contribution in [3.8, 4) is 0 Å². The number of carbonyl (C=O) groups excluding carboxylic acids is 1. The van der Waals surface area contributed by atoms with Crippen molar-refractivity contribution < 1.29 is 27.9 Å². The van der Waals surface area contributed by atoms with Crippen LogP contribution in [0.15, 0.2) is 24.3 Å². The van der Waals surface area contributed by atoms with Crippen molar-refractivity contribution in [1.82, 2.24) is 4.90 Å². The summed E-state index contributed by atoms with van der Waals surface area (Å²) in [6.45, 7) is 1.20. The number of alkyl halides is 3. The van der Waals surface area contributed by atoms with E-state index in [1.54, 1.807) is 11.0 Å². The van der Waals surface area contributed by atoms with Crippen LogP contribution in [0.1, 0.15) is 49.1 Å². The van der Waals surface area contributed by atoms with Crippen LogP contribution in [-0.2, 0) is 15.8 Å². The molecular weight excluding hydrogens is 347 g/mol. The van der Waals surface area contributed by atoms with Crippen molar-refractivity contribution in [1.29, 1.82) is 0 Å². The van der Waals surface area contributed by atoms with Crippen molar-refractivity contribution in [2.75, 3.05) is 13.1 Å². The minimum atomic E-state index is -4.38. The lowest BCUT2D eigenvalue weighted by molar-refractivity contribution is -0.138. The molecule has 3 rings (SSSR count). The summed E-state index contributed by atoms with van der Waals surface area (Å²) < 4.78 is 38.6. The number of carboxylic acids is 1. The van der Waals surface area contributed by atoms with E-state index in [1.165, 1.54) is 6.07 Å². The zero-order chi connectivity index (χ0) is 18.9. The molecule has 1 saturated heterocycles. The Morgan fingerprint density at radius 3 is 2.73 bits per heavy atom. The van der Waals surface area contributed by atoms with E-state index in [-0.39, 0.29) is 30.1 Å². The van der Waals surface area contributed by atoms with E-state index in [2.05, 4.69) is 0 Å². The first-order chi connectivity index (χ1) is 12.3. The summed E-state index contributed by atoms with van der Waals surface area (Å²) in [5.74, 6) is -1.05. The molecule has 1 amide bonds. The number of aliphatic carboxylic acids is 1. The third-order valence-corrected chi connectivity index (χ3v) is 5.35. The maximum atomic E-state index is 12.9. The highest BCUT2D eigenvalue weighted by Crippen LogP contribution is 2.49. The van der Waals surface area contributed by atoms with Crippen LogP contribution in [-0.4, -0.2) is 35.0 Å². The Kier molecular flexibility index (Phi) is 5.25. The van der Waals surface area contributed by atoms with Crippen LogP contribution in [0.3, 0.4) is 0 Å². The summed E-state index contributed by atoms with van der Waals surface area (Å²) in [5.41, 5.74) is -0.114. The fraction of sp³-hybridized carbons (Fsp3) is 0.579. The predicted octanol–water partition coefficient (Wildman–Crippen LogP) is 3.91. The second-order valence-corrected chi connectivity index (χ2v) is 7.30. The van der Waals surface area contributed by atoms with Gasteiger partial charge < -0.3 is 10.0 Å². The lowest BCUT2D eigenvalue weighted by Crippen LogP contribution is -2.41. The number of carboxylic acid groups (broad SMARTS) is 1. The molecule has 142 valence electrons. The van der Waals surface area contributed by atoms with Gasteiger partial charge in [-0.1, -0.05) is 18.2 Å². The van der Waals surface area contributed by atoms with Crippen LogP contribution in [0.2, 0.25) is 0 Å². The molecule has 1 aromatic rings. The van der Waals surface area contributed by atoms with Gasteiger partial charge in [-0.2, -0.15) is 13.2 Å². The molecule has 0 radical (unpaired) electrons. The van der Waals surface area contributed by atoms with Gasteiger partial charge in [-0.25, -0.2) is 0 Å². The number of halogens is 3. The average molecular weight is 369 g/mol. The average Bonchev–Trinajstić information content (AvgIpc) is 3.40. The van der Waals surface area contributed by atoms with E-state index < -0.39 is 17.7 Å². The first-order valence-electron chi connectivity index (χ1n) is 8.93. The number of likely N-dealkylation sites (tertiary alicyclic amines) is 1. The van der Waals surface area contributed by atoms with Gasteiger partial charge in [0, 0.05) is 25.4 Å². The van der Waals surface area contributed by atoms with Crippen LogP contribution in [0.4, 0.5) is 13.2 Å². The third kappa shape index (κ3) is 4.37. The highest BCUT2D eigenvalue weighted by molar-refractivity contribution is 5.83. The zero-order valence-corrected chi connectivity index (χ0v) is 14.3. The SMILES string of the molecule is O=C(O)CCC1CCCN(C(=O)C2CC2c2cccc(C(F)(F)F)c2)C1. The van der Waals surface area contributed by atoms with Gasteiger partial charge in [-0.3, -0.25) is 9.59 Å². The number of nitrogens with zero attached hydrogens (tertiary/aromatic N) is 1. The van der Waals surface area contributed by atoms with Crippen molar-refractivity contribution in [2.24, 2.45) is 11.8 Å². The Hall–Kier alpha value is -2.05. The maximum absolute atomic E-state index is 12.9. The molecule has 1 N–H and O–H groups in total. The summed E-state index contributed by atoms with van der Waals surface area (Å²) in [5, 5.41) is 8.80. The highest BCUT2D eigenvalue weighted by atomic mass is 19.4. The molecule has 1 saturated carbocycles. The van der Waals surface area contributed by atoms with Crippen LogP contribution >= 0.6 is 0 Å². The predicted molar refractivity (Wildman–Crippen MR) is 88.5 cm³/mol. The molecule has 1 aromatic carbocycles. The Balaban J connectivity index is 1.59. The summed E-state index contributed by atoms with van der Waals surface area (Å²) in [6.07, 6.45) is -1.38. The largest absolute Gasteiger partial charge is 0.481 e. The number of benzene rings is 1. The topological polar surface area (TPSA) is 57.6 Å². The molecule has 7 heteroatoms. The summed E-state index contributed by atoms with van der Waals surface area (Å²) in [4.78, 5) is 25.2. The van der Waals surface area contributed by atoms with Crippen molar-refractivity contribution >= 4 is 11.9 Å². The fourth-order valence-corrected chi connectivity index (χ4v) is 3.84. The normalized spacial score (nSPS) is 25.8. The van der Waals surface area contributed by atoms with Crippen molar-refractivity contribution in [3.63, 3.8) is 0 Å². The summed E-state index contributed by atoms with van der Waals surface area (Å²) in [6, 6.07) is 5.23. The molecule has 0 spiro atoms. The Morgan fingerprint density at radius 2 is 2.04 bits per heavy atom. The van der Waals surface area contributed by atoms with Crippen molar-refractivity contribution in [2.45, 2.75) is 44.2 Å². The van der Waals surface area contributed by atoms with E-state index in [0.29, 0.717) is 31.5 Å². The molecule has 0 bridgehead atoms. The Morgan fingerprint density at radius 1 is 1.27 bits per heavy atom. The van der Waals surface area contributed by atoms with Gasteiger partial charge in [0.2, 0.25) is 5.91 Å². The van der Waals surface area contributed by atoms with E-state index in [4.69, 9.17) is 5.11 Å². The van der Waals surface area contributed by atoms with E-state index >= 15 is 0 Å². The number of amides is 1. The van der Waals surface area contributed by atoms with Crippen LogP contribution in [0.25, 0.3) is 0 Å². The molecule has 2 aliphatic rings. The van der Waals surface area contributed by atoms with E-state index in [1.807, 2.05) is 0 Å². The van der Waals surface area contributed by atoms with Gasteiger partial charge in [-0.05, 0) is 49.1 Å². The number of carbonyl (C=O) groups is 2. The lowest BCUT2D eigenvalue weighted by Gasteiger charge is -2.33. The molecule has 1 aliphatic heterocycles. The number of rotatable bonds is 5. The minimum absolute atomic E-state index is 0.00700. The zero-order valence-electron chi connectivity index (χ0n) is 14.3. The molecule has 0 aromatic heterocycles. The molecule has 1 aliphatic carbocycles. The van der Waals surface area contributed by atoms with Crippen LogP contribution in [0.5, 0.6) is 0 Å². The number of piperidine rings is 1. The van der Waals surface area contributed by atoms with Crippen molar-refractivity contribution in [3.05, 3.63) is 35.4 Å². The van der Waals surface area contributed by atoms with Crippen LogP contribution in [0, 0.1) is 11.8 Å². The Labute approximate surface area is 150 Å². The summed E-state index contributed by atoms with van der Waals surface area (Å²) in [7, 11) is 0. The quantitative estimate of drug-likeness (QED) is 0.856. The molecule has 1 heterocycles. The van der Waals surface area contributed by atoms with E-state index in [0.717, 1.165) is 25.0 Å². The second kappa shape index (κ2) is 7.29. The monoisotopic (exact) mass is 369 g/mol. The van der Waals surface area contributed by atoms with Crippen LogP contribution < -0.4 is 0 Å². The number of hydrogen-bond acceptors (Lipinski definition) is 2.